The third-order valence-corrected chi connectivity index (χ3v) is 11.2. The van der Waals surface area contributed by atoms with Crippen molar-refractivity contribution in [3.63, 3.8) is 0 Å². The van der Waals surface area contributed by atoms with E-state index in [9.17, 15) is 4.79 Å². The molecule has 0 N–H and O–H groups in total. The Kier molecular flexibility index (Phi) is 6.24. The molecular weight excluding hydrogens is 372 g/mol. The summed E-state index contributed by atoms with van der Waals surface area (Å²) in [7, 11) is -2.50. The summed E-state index contributed by atoms with van der Waals surface area (Å²) in [5.74, 6) is -0.00864. The summed E-state index contributed by atoms with van der Waals surface area (Å²) in [6, 6.07) is 21.4. The van der Waals surface area contributed by atoms with Crippen LogP contribution in [0.3, 0.4) is 0 Å². The van der Waals surface area contributed by atoms with E-state index in [1.807, 2.05) is 0 Å². The van der Waals surface area contributed by atoms with E-state index < -0.39 is 8.32 Å². The van der Waals surface area contributed by atoms with Gasteiger partial charge in [0.2, 0.25) is 5.24 Å². The molecule has 0 saturated heterocycles. The van der Waals surface area contributed by atoms with E-state index >= 15 is 0 Å². The highest BCUT2D eigenvalue weighted by Gasteiger charge is 2.51. The average Bonchev–Trinajstić information content (AvgIpc) is 2.67. The number of hydrogen-bond donors (Lipinski definition) is 0. The summed E-state index contributed by atoms with van der Waals surface area (Å²) >= 11 is 5.73. The van der Waals surface area contributed by atoms with Crippen LogP contribution >= 0.6 is 11.6 Å². The summed E-state index contributed by atoms with van der Waals surface area (Å²) in [5, 5.41) is 2.40. The Hall–Kier alpha value is -1.42. The molecule has 0 atom stereocenters. The summed E-state index contributed by atoms with van der Waals surface area (Å²) in [6.07, 6.45) is 3.61. The molecule has 2 nitrogen and oxygen atoms in total. The highest BCUT2D eigenvalue weighted by atomic mass is 35.5. The molecule has 2 aromatic carbocycles. The van der Waals surface area contributed by atoms with E-state index in [-0.39, 0.29) is 22.3 Å². The van der Waals surface area contributed by atoms with Gasteiger partial charge in [-0.25, -0.2) is 0 Å². The van der Waals surface area contributed by atoms with Crippen LogP contribution in [0.2, 0.25) is 5.04 Å². The molecule has 27 heavy (non-hydrogen) atoms. The van der Waals surface area contributed by atoms with Crippen LogP contribution in [0.4, 0.5) is 0 Å². The number of carbonyl (C=O) groups is 1. The van der Waals surface area contributed by atoms with Crippen molar-refractivity contribution in [2.24, 2.45) is 5.92 Å². The number of benzene rings is 2. The molecule has 0 aliphatic heterocycles. The summed E-state index contributed by atoms with van der Waals surface area (Å²) in [6.45, 7) is 6.90. The molecule has 2 aromatic rings. The molecule has 0 spiro atoms. The third kappa shape index (κ3) is 4.21. The van der Waals surface area contributed by atoms with Gasteiger partial charge < -0.3 is 4.43 Å². The fourth-order valence-corrected chi connectivity index (χ4v) is 9.32. The Labute approximate surface area is 169 Å². The molecule has 0 aromatic heterocycles. The van der Waals surface area contributed by atoms with Crippen molar-refractivity contribution in [3.8, 4) is 0 Å². The van der Waals surface area contributed by atoms with Gasteiger partial charge in [0.15, 0.2) is 0 Å². The molecule has 144 valence electrons. The minimum absolute atomic E-state index is 0.00864. The maximum Gasteiger partial charge on any atom is 0.261 e. The molecule has 1 saturated carbocycles. The third-order valence-electron chi connectivity index (χ3n) is 5.76. The predicted molar refractivity (Wildman–Crippen MR) is 115 cm³/mol. The zero-order valence-electron chi connectivity index (χ0n) is 16.5. The lowest BCUT2D eigenvalue weighted by atomic mass is 9.88. The SMILES string of the molecule is CC(C)(C)[Si](O[C@H]1CC[C@H](C(=O)Cl)CC1)(c1ccccc1)c1ccccc1. The largest absolute Gasteiger partial charge is 0.404 e. The van der Waals surface area contributed by atoms with Gasteiger partial charge in [-0.2, -0.15) is 0 Å². The molecule has 0 radical (unpaired) electrons. The lowest BCUT2D eigenvalue weighted by molar-refractivity contribution is -0.116. The molecule has 4 heteroatoms. The second-order valence-electron chi connectivity index (χ2n) is 8.56. The van der Waals surface area contributed by atoms with Crippen molar-refractivity contribution in [1.29, 1.82) is 0 Å². The normalized spacial score (nSPS) is 21.0. The fourth-order valence-electron chi connectivity index (χ4n) is 4.35. The van der Waals surface area contributed by atoms with Crippen LogP contribution in [0.25, 0.3) is 0 Å². The van der Waals surface area contributed by atoms with Gasteiger partial charge in [-0.1, -0.05) is 81.4 Å². The molecule has 0 heterocycles. The minimum atomic E-state index is -2.50. The van der Waals surface area contributed by atoms with Crippen molar-refractivity contribution in [3.05, 3.63) is 60.7 Å². The molecule has 0 amide bonds. The molecule has 0 unspecified atom stereocenters. The second-order valence-corrected chi connectivity index (χ2v) is 13.2. The first-order chi connectivity index (χ1) is 12.8. The zero-order chi connectivity index (χ0) is 19.5. The number of rotatable bonds is 5. The monoisotopic (exact) mass is 400 g/mol. The topological polar surface area (TPSA) is 26.3 Å². The first-order valence-electron chi connectivity index (χ1n) is 9.83. The quantitative estimate of drug-likeness (QED) is 0.527. The molecule has 1 aliphatic carbocycles. The average molecular weight is 401 g/mol. The van der Waals surface area contributed by atoms with Crippen molar-refractivity contribution in [2.75, 3.05) is 0 Å². The van der Waals surface area contributed by atoms with E-state index in [4.69, 9.17) is 16.0 Å². The van der Waals surface area contributed by atoms with Crippen LogP contribution < -0.4 is 10.4 Å². The minimum Gasteiger partial charge on any atom is -0.404 e. The van der Waals surface area contributed by atoms with Crippen LogP contribution in [0.15, 0.2) is 60.7 Å². The van der Waals surface area contributed by atoms with E-state index in [1.54, 1.807) is 0 Å². The Balaban J connectivity index is 2.01. The van der Waals surface area contributed by atoms with Gasteiger partial charge in [0.05, 0.1) is 0 Å². The maximum absolute atomic E-state index is 11.5. The zero-order valence-corrected chi connectivity index (χ0v) is 18.2. The van der Waals surface area contributed by atoms with Crippen LogP contribution in [0, 0.1) is 5.92 Å². The Morgan fingerprint density at radius 2 is 1.33 bits per heavy atom. The Morgan fingerprint density at radius 3 is 1.70 bits per heavy atom. The number of halogens is 1. The van der Waals surface area contributed by atoms with Gasteiger partial charge in [0.1, 0.15) is 0 Å². The lowest BCUT2D eigenvalue weighted by Gasteiger charge is -2.46. The van der Waals surface area contributed by atoms with Crippen LogP contribution in [-0.4, -0.2) is 19.7 Å². The van der Waals surface area contributed by atoms with E-state index in [0.29, 0.717) is 0 Å². The predicted octanol–water partition coefficient (Wildman–Crippen LogP) is 4.89. The molecule has 1 aliphatic rings. The summed E-state index contributed by atoms with van der Waals surface area (Å²) in [5.41, 5.74) is 0. The van der Waals surface area contributed by atoms with Gasteiger partial charge in [-0.15, -0.1) is 0 Å². The maximum atomic E-state index is 11.5. The van der Waals surface area contributed by atoms with Crippen molar-refractivity contribution in [2.45, 2.75) is 57.6 Å². The molecular formula is C23H29ClO2Si. The summed E-state index contributed by atoms with van der Waals surface area (Å²) in [4.78, 5) is 11.5. The molecule has 3 rings (SSSR count). The van der Waals surface area contributed by atoms with Gasteiger partial charge >= 0.3 is 0 Å². The van der Waals surface area contributed by atoms with Crippen LogP contribution in [0.5, 0.6) is 0 Å². The van der Waals surface area contributed by atoms with E-state index in [2.05, 4.69) is 81.4 Å². The van der Waals surface area contributed by atoms with Crippen LogP contribution in [0.1, 0.15) is 46.5 Å². The highest BCUT2D eigenvalue weighted by Crippen LogP contribution is 2.40. The molecule has 0 bridgehead atoms. The van der Waals surface area contributed by atoms with Gasteiger partial charge in [0, 0.05) is 12.0 Å². The van der Waals surface area contributed by atoms with Crippen LogP contribution in [-0.2, 0) is 9.22 Å². The lowest BCUT2D eigenvalue weighted by Crippen LogP contribution is -2.67. The van der Waals surface area contributed by atoms with Gasteiger partial charge in [0.25, 0.3) is 8.32 Å². The second kappa shape index (κ2) is 8.30. The van der Waals surface area contributed by atoms with E-state index in [1.165, 1.54) is 10.4 Å². The summed E-state index contributed by atoms with van der Waals surface area (Å²) < 4.78 is 7.13. The Bertz CT molecular complexity index is 707. The molecule has 1 fully saturated rings. The highest BCUT2D eigenvalue weighted by molar-refractivity contribution is 6.99. The van der Waals surface area contributed by atoms with Crippen molar-refractivity contribution >= 4 is 35.5 Å². The van der Waals surface area contributed by atoms with Crippen molar-refractivity contribution < 1.29 is 9.22 Å². The smallest absolute Gasteiger partial charge is 0.261 e. The van der Waals surface area contributed by atoms with E-state index in [0.717, 1.165) is 25.7 Å². The standard InChI is InChI=1S/C23H29ClO2Si/c1-23(2,3)27(20-10-6-4-7-11-20,21-12-8-5-9-13-21)26-19-16-14-18(15-17-19)22(24)25/h4-13,18-19H,14-17H2,1-3H3/t18-,19-. The van der Waals surface area contributed by atoms with Gasteiger partial charge in [-0.05, 0) is 52.7 Å². The Morgan fingerprint density at radius 1 is 0.889 bits per heavy atom. The fraction of sp³-hybridized carbons (Fsp3) is 0.435. The first-order valence-corrected chi connectivity index (χ1v) is 12.1. The number of hydrogen-bond acceptors (Lipinski definition) is 2. The van der Waals surface area contributed by atoms with Crippen molar-refractivity contribution in [1.82, 2.24) is 0 Å². The number of carbonyl (C=O) groups excluding carboxylic acids is 1. The first kappa shape index (κ1) is 20.3. The van der Waals surface area contributed by atoms with Gasteiger partial charge in [-0.3, -0.25) is 4.79 Å².